The molecule has 0 spiro atoms. The van der Waals surface area contributed by atoms with E-state index in [9.17, 15) is 4.39 Å². The van der Waals surface area contributed by atoms with Gasteiger partial charge in [-0.1, -0.05) is 28.1 Å². The number of fused-ring (bicyclic) bond motifs is 1. The van der Waals surface area contributed by atoms with Gasteiger partial charge in [0.2, 0.25) is 0 Å². The first-order chi connectivity index (χ1) is 10.1. The van der Waals surface area contributed by atoms with Gasteiger partial charge < -0.3 is 5.73 Å². The van der Waals surface area contributed by atoms with Crippen LogP contribution in [0.1, 0.15) is 17.2 Å². The molecule has 0 fully saturated rings. The quantitative estimate of drug-likeness (QED) is 0.785. The topological polar surface area (TPSA) is 51.8 Å². The fourth-order valence-electron chi connectivity index (χ4n) is 2.36. The lowest BCUT2D eigenvalue weighted by Crippen LogP contribution is -2.14. The molecule has 0 aliphatic rings. The summed E-state index contributed by atoms with van der Waals surface area (Å²) < 4.78 is 14.2. The van der Waals surface area contributed by atoms with Crippen LogP contribution in [0.4, 0.5) is 4.39 Å². The van der Waals surface area contributed by atoms with Crippen LogP contribution in [0.15, 0.2) is 53.3 Å². The molecule has 1 atom stereocenters. The van der Waals surface area contributed by atoms with Crippen molar-refractivity contribution in [2.24, 2.45) is 5.73 Å². The number of aromatic nitrogens is 2. The molecule has 3 aromatic rings. The van der Waals surface area contributed by atoms with Gasteiger partial charge in [0.15, 0.2) is 0 Å². The SMILES string of the molecule is NC(Cc1cc(F)ccc1Br)c1cccc2nccnc12. The van der Waals surface area contributed by atoms with Gasteiger partial charge in [-0.05, 0) is 41.8 Å². The first kappa shape index (κ1) is 14.1. The molecule has 1 unspecified atom stereocenters. The molecule has 0 aliphatic heterocycles. The third-order valence-corrected chi connectivity index (χ3v) is 4.15. The molecule has 0 saturated carbocycles. The summed E-state index contributed by atoms with van der Waals surface area (Å²) in [6.07, 6.45) is 3.82. The van der Waals surface area contributed by atoms with Crippen LogP contribution in [0, 0.1) is 5.82 Å². The highest BCUT2D eigenvalue weighted by Crippen LogP contribution is 2.26. The lowest BCUT2D eigenvalue weighted by molar-refractivity contribution is 0.621. The van der Waals surface area contributed by atoms with Crippen molar-refractivity contribution in [3.63, 3.8) is 0 Å². The lowest BCUT2D eigenvalue weighted by Gasteiger charge is -2.15. The van der Waals surface area contributed by atoms with Gasteiger partial charge >= 0.3 is 0 Å². The fourth-order valence-corrected chi connectivity index (χ4v) is 2.77. The normalized spacial score (nSPS) is 12.5. The Hall–Kier alpha value is -1.85. The summed E-state index contributed by atoms with van der Waals surface area (Å²) in [7, 11) is 0. The van der Waals surface area contributed by atoms with Crippen molar-refractivity contribution in [1.29, 1.82) is 0 Å². The van der Waals surface area contributed by atoms with E-state index in [1.54, 1.807) is 18.5 Å². The van der Waals surface area contributed by atoms with Gasteiger partial charge in [-0.2, -0.15) is 0 Å². The van der Waals surface area contributed by atoms with E-state index in [-0.39, 0.29) is 11.9 Å². The van der Waals surface area contributed by atoms with Gasteiger partial charge in [-0.15, -0.1) is 0 Å². The number of para-hydroxylation sites is 1. The predicted molar refractivity (Wildman–Crippen MR) is 84.3 cm³/mol. The van der Waals surface area contributed by atoms with Crippen LogP contribution >= 0.6 is 15.9 Å². The van der Waals surface area contributed by atoms with Gasteiger partial charge in [0, 0.05) is 22.9 Å². The van der Waals surface area contributed by atoms with E-state index < -0.39 is 0 Å². The minimum Gasteiger partial charge on any atom is -0.324 e. The van der Waals surface area contributed by atoms with Crippen LogP contribution in [-0.2, 0) is 6.42 Å². The summed E-state index contributed by atoms with van der Waals surface area (Å²) in [5, 5.41) is 0. The molecule has 0 aliphatic carbocycles. The van der Waals surface area contributed by atoms with Crippen LogP contribution in [0.3, 0.4) is 0 Å². The van der Waals surface area contributed by atoms with Crippen LogP contribution in [-0.4, -0.2) is 9.97 Å². The molecule has 5 heteroatoms. The van der Waals surface area contributed by atoms with Crippen molar-refractivity contribution >= 4 is 27.0 Å². The van der Waals surface area contributed by atoms with E-state index in [0.717, 1.165) is 26.6 Å². The van der Waals surface area contributed by atoms with Crippen LogP contribution < -0.4 is 5.73 Å². The van der Waals surface area contributed by atoms with Gasteiger partial charge in [-0.3, -0.25) is 9.97 Å². The second-order valence-corrected chi connectivity index (χ2v) is 5.67. The molecule has 1 heterocycles. The first-order valence-electron chi connectivity index (χ1n) is 6.54. The molecule has 3 rings (SSSR count). The summed E-state index contributed by atoms with van der Waals surface area (Å²) in [6.45, 7) is 0. The summed E-state index contributed by atoms with van der Waals surface area (Å²) in [4.78, 5) is 8.63. The molecule has 106 valence electrons. The van der Waals surface area contributed by atoms with Gasteiger partial charge in [0.05, 0.1) is 11.0 Å². The van der Waals surface area contributed by atoms with Crippen LogP contribution in [0.2, 0.25) is 0 Å². The van der Waals surface area contributed by atoms with E-state index in [4.69, 9.17) is 5.73 Å². The predicted octanol–water partition coefficient (Wildman–Crippen LogP) is 3.77. The number of benzene rings is 2. The highest BCUT2D eigenvalue weighted by molar-refractivity contribution is 9.10. The van der Waals surface area contributed by atoms with Crippen molar-refractivity contribution in [2.75, 3.05) is 0 Å². The number of hydrogen-bond acceptors (Lipinski definition) is 3. The second kappa shape index (κ2) is 5.87. The summed E-state index contributed by atoms with van der Waals surface area (Å²) in [5.74, 6) is -0.266. The minimum atomic E-state index is -0.275. The van der Waals surface area contributed by atoms with E-state index in [0.29, 0.717) is 6.42 Å². The van der Waals surface area contributed by atoms with Crippen molar-refractivity contribution in [3.8, 4) is 0 Å². The number of rotatable bonds is 3. The first-order valence-corrected chi connectivity index (χ1v) is 7.33. The highest BCUT2D eigenvalue weighted by Gasteiger charge is 2.14. The maximum absolute atomic E-state index is 13.4. The molecular formula is C16H13BrFN3. The summed E-state index contributed by atoms with van der Waals surface area (Å²) >= 11 is 3.43. The largest absolute Gasteiger partial charge is 0.324 e. The Bertz CT molecular complexity index is 786. The molecule has 0 bridgehead atoms. The molecule has 0 radical (unpaired) electrons. The lowest BCUT2D eigenvalue weighted by atomic mass is 9.98. The molecule has 0 saturated heterocycles. The monoisotopic (exact) mass is 345 g/mol. The Kier molecular flexibility index (Phi) is 3.94. The van der Waals surface area contributed by atoms with Gasteiger partial charge in [-0.25, -0.2) is 4.39 Å². The Labute approximate surface area is 130 Å². The maximum atomic E-state index is 13.4. The van der Waals surface area contributed by atoms with E-state index >= 15 is 0 Å². The highest BCUT2D eigenvalue weighted by atomic mass is 79.9. The minimum absolute atomic E-state index is 0.266. The van der Waals surface area contributed by atoms with Crippen molar-refractivity contribution in [1.82, 2.24) is 9.97 Å². The van der Waals surface area contributed by atoms with Gasteiger partial charge in [0.1, 0.15) is 5.82 Å². The Morgan fingerprint density at radius 2 is 1.95 bits per heavy atom. The van der Waals surface area contributed by atoms with Crippen molar-refractivity contribution < 1.29 is 4.39 Å². The Balaban J connectivity index is 1.97. The number of hydrogen-bond donors (Lipinski definition) is 1. The average molecular weight is 346 g/mol. The number of nitrogens with zero attached hydrogens (tertiary/aromatic N) is 2. The summed E-state index contributed by atoms with van der Waals surface area (Å²) in [6, 6.07) is 10.1. The average Bonchev–Trinajstić information content (AvgIpc) is 2.50. The molecule has 1 aromatic heterocycles. The maximum Gasteiger partial charge on any atom is 0.123 e. The summed E-state index contributed by atoms with van der Waals surface area (Å²) in [5.41, 5.74) is 9.65. The third kappa shape index (κ3) is 2.94. The van der Waals surface area contributed by atoms with E-state index in [2.05, 4.69) is 25.9 Å². The number of halogens is 2. The van der Waals surface area contributed by atoms with Crippen molar-refractivity contribution in [3.05, 3.63) is 70.2 Å². The molecule has 2 aromatic carbocycles. The van der Waals surface area contributed by atoms with Crippen LogP contribution in [0.25, 0.3) is 11.0 Å². The number of nitrogens with two attached hydrogens (primary N) is 1. The zero-order valence-electron chi connectivity index (χ0n) is 11.1. The van der Waals surface area contributed by atoms with Crippen molar-refractivity contribution in [2.45, 2.75) is 12.5 Å². The zero-order chi connectivity index (χ0) is 14.8. The molecule has 0 amide bonds. The van der Waals surface area contributed by atoms with E-state index in [1.807, 2.05) is 18.2 Å². The molecule has 2 N–H and O–H groups in total. The molecular weight excluding hydrogens is 333 g/mol. The fraction of sp³-hybridized carbons (Fsp3) is 0.125. The Morgan fingerprint density at radius 1 is 1.14 bits per heavy atom. The molecule has 21 heavy (non-hydrogen) atoms. The zero-order valence-corrected chi connectivity index (χ0v) is 12.7. The van der Waals surface area contributed by atoms with Gasteiger partial charge in [0.25, 0.3) is 0 Å². The van der Waals surface area contributed by atoms with E-state index in [1.165, 1.54) is 12.1 Å². The Morgan fingerprint density at radius 3 is 2.81 bits per heavy atom. The molecule has 3 nitrogen and oxygen atoms in total. The smallest absolute Gasteiger partial charge is 0.123 e. The second-order valence-electron chi connectivity index (χ2n) is 4.82. The third-order valence-electron chi connectivity index (χ3n) is 3.38. The van der Waals surface area contributed by atoms with Crippen LogP contribution in [0.5, 0.6) is 0 Å². The standard InChI is InChI=1S/C16H13BrFN3/c17-13-5-4-11(18)8-10(13)9-14(19)12-2-1-3-15-16(12)21-7-6-20-15/h1-8,14H,9,19H2.